The molecule has 1 saturated heterocycles. The standard InChI is InChI=1S/C13H19NO3/c1-10-6-7-14(12(10)9-15)13(16)5-4-11-3-2-8-17-11/h2-3,8,10,12,15H,4-7,9H2,1H3. The molecule has 0 radical (unpaired) electrons. The molecule has 0 saturated carbocycles. The van der Waals surface area contributed by atoms with Crippen molar-refractivity contribution in [2.24, 2.45) is 5.92 Å². The molecule has 94 valence electrons. The monoisotopic (exact) mass is 237 g/mol. The molecule has 1 aliphatic heterocycles. The van der Waals surface area contributed by atoms with Crippen molar-refractivity contribution in [2.75, 3.05) is 13.2 Å². The molecule has 1 aromatic heterocycles. The van der Waals surface area contributed by atoms with Crippen LogP contribution in [0, 0.1) is 5.92 Å². The second kappa shape index (κ2) is 5.36. The summed E-state index contributed by atoms with van der Waals surface area (Å²) in [7, 11) is 0. The van der Waals surface area contributed by atoms with Gasteiger partial charge in [0.2, 0.25) is 5.91 Å². The lowest BCUT2D eigenvalue weighted by Gasteiger charge is -2.25. The zero-order valence-electron chi connectivity index (χ0n) is 10.1. The van der Waals surface area contributed by atoms with Gasteiger partial charge in [-0.15, -0.1) is 0 Å². The van der Waals surface area contributed by atoms with Crippen LogP contribution in [0.2, 0.25) is 0 Å². The third kappa shape index (κ3) is 2.69. The molecule has 2 atom stereocenters. The van der Waals surface area contributed by atoms with Crippen molar-refractivity contribution in [1.82, 2.24) is 4.90 Å². The van der Waals surface area contributed by atoms with Gasteiger partial charge < -0.3 is 14.4 Å². The fourth-order valence-electron chi connectivity index (χ4n) is 2.42. The highest BCUT2D eigenvalue weighted by molar-refractivity contribution is 5.77. The maximum atomic E-state index is 12.0. The summed E-state index contributed by atoms with van der Waals surface area (Å²) in [6.07, 6.45) is 3.69. The molecule has 1 amide bonds. The molecule has 0 aromatic carbocycles. The number of furan rings is 1. The molecule has 0 bridgehead atoms. The summed E-state index contributed by atoms with van der Waals surface area (Å²) in [4.78, 5) is 13.8. The summed E-state index contributed by atoms with van der Waals surface area (Å²) in [6.45, 7) is 2.91. The minimum Gasteiger partial charge on any atom is -0.469 e. The Balaban J connectivity index is 1.87. The van der Waals surface area contributed by atoms with Crippen LogP contribution in [0.15, 0.2) is 22.8 Å². The zero-order chi connectivity index (χ0) is 12.3. The number of aliphatic hydroxyl groups excluding tert-OH is 1. The molecule has 4 heteroatoms. The van der Waals surface area contributed by atoms with Crippen molar-refractivity contribution < 1.29 is 14.3 Å². The fourth-order valence-corrected chi connectivity index (χ4v) is 2.42. The van der Waals surface area contributed by atoms with Gasteiger partial charge in [-0.25, -0.2) is 0 Å². The number of aliphatic hydroxyl groups is 1. The van der Waals surface area contributed by atoms with Gasteiger partial charge in [0.05, 0.1) is 18.9 Å². The van der Waals surface area contributed by atoms with Gasteiger partial charge in [0.1, 0.15) is 5.76 Å². The Kier molecular flexibility index (Phi) is 3.84. The van der Waals surface area contributed by atoms with Crippen LogP contribution in [0.3, 0.4) is 0 Å². The molecule has 2 rings (SSSR count). The minimum absolute atomic E-state index is 0.000832. The molecule has 0 spiro atoms. The molecule has 1 N–H and O–H groups in total. The molecule has 2 unspecified atom stereocenters. The van der Waals surface area contributed by atoms with E-state index in [4.69, 9.17) is 4.42 Å². The van der Waals surface area contributed by atoms with E-state index in [0.717, 1.165) is 18.7 Å². The van der Waals surface area contributed by atoms with Gasteiger partial charge in [-0.05, 0) is 24.5 Å². The summed E-state index contributed by atoms with van der Waals surface area (Å²) in [5.41, 5.74) is 0. The van der Waals surface area contributed by atoms with Crippen molar-refractivity contribution in [2.45, 2.75) is 32.2 Å². The Morgan fingerprint density at radius 2 is 2.47 bits per heavy atom. The summed E-state index contributed by atoms with van der Waals surface area (Å²) < 4.78 is 5.20. The van der Waals surface area contributed by atoms with E-state index >= 15 is 0 Å². The Morgan fingerprint density at radius 3 is 3.12 bits per heavy atom. The van der Waals surface area contributed by atoms with Gasteiger partial charge in [0.25, 0.3) is 0 Å². The number of rotatable bonds is 4. The predicted octanol–water partition coefficient (Wildman–Crippen LogP) is 1.44. The van der Waals surface area contributed by atoms with Crippen LogP contribution in [0.1, 0.15) is 25.5 Å². The average Bonchev–Trinajstić information content (AvgIpc) is 2.94. The average molecular weight is 237 g/mol. The third-order valence-corrected chi connectivity index (χ3v) is 3.56. The van der Waals surface area contributed by atoms with Crippen LogP contribution in [-0.4, -0.2) is 35.1 Å². The van der Waals surface area contributed by atoms with E-state index in [2.05, 4.69) is 6.92 Å². The second-order valence-electron chi connectivity index (χ2n) is 4.68. The molecular weight excluding hydrogens is 218 g/mol. The maximum Gasteiger partial charge on any atom is 0.223 e. The number of nitrogens with zero attached hydrogens (tertiary/aromatic N) is 1. The first-order valence-corrected chi connectivity index (χ1v) is 6.15. The number of amides is 1. The van der Waals surface area contributed by atoms with Crippen LogP contribution in [0.25, 0.3) is 0 Å². The van der Waals surface area contributed by atoms with E-state index in [-0.39, 0.29) is 18.6 Å². The van der Waals surface area contributed by atoms with Gasteiger partial charge in [-0.1, -0.05) is 6.92 Å². The highest BCUT2D eigenvalue weighted by atomic mass is 16.3. The number of hydrogen-bond acceptors (Lipinski definition) is 3. The molecule has 1 fully saturated rings. The molecule has 2 heterocycles. The summed E-state index contributed by atoms with van der Waals surface area (Å²) in [6, 6.07) is 3.71. The molecule has 17 heavy (non-hydrogen) atoms. The zero-order valence-corrected chi connectivity index (χ0v) is 10.1. The Labute approximate surface area is 101 Å². The van der Waals surface area contributed by atoms with Crippen LogP contribution in [-0.2, 0) is 11.2 Å². The topological polar surface area (TPSA) is 53.7 Å². The SMILES string of the molecule is CC1CCN(C(=O)CCc2ccco2)C1CO. The van der Waals surface area contributed by atoms with Crippen molar-refractivity contribution in [3.8, 4) is 0 Å². The number of hydrogen-bond donors (Lipinski definition) is 1. The lowest BCUT2D eigenvalue weighted by molar-refractivity contribution is -0.133. The number of likely N-dealkylation sites (tertiary alicyclic amines) is 1. The molecule has 1 aromatic rings. The van der Waals surface area contributed by atoms with E-state index < -0.39 is 0 Å². The largest absolute Gasteiger partial charge is 0.469 e. The van der Waals surface area contributed by atoms with Gasteiger partial charge in [0.15, 0.2) is 0 Å². The van der Waals surface area contributed by atoms with Gasteiger partial charge in [0, 0.05) is 19.4 Å². The summed E-state index contributed by atoms with van der Waals surface area (Å²) in [5.74, 6) is 1.35. The highest BCUT2D eigenvalue weighted by Gasteiger charge is 2.33. The van der Waals surface area contributed by atoms with Crippen molar-refractivity contribution in [3.05, 3.63) is 24.2 Å². The first-order valence-electron chi connectivity index (χ1n) is 6.15. The maximum absolute atomic E-state index is 12.0. The first kappa shape index (κ1) is 12.2. The first-order chi connectivity index (χ1) is 8.22. The van der Waals surface area contributed by atoms with Gasteiger partial charge in [-0.2, -0.15) is 0 Å². The van der Waals surface area contributed by atoms with Crippen molar-refractivity contribution in [3.63, 3.8) is 0 Å². The van der Waals surface area contributed by atoms with E-state index in [0.29, 0.717) is 18.8 Å². The predicted molar refractivity (Wildman–Crippen MR) is 63.4 cm³/mol. The fraction of sp³-hybridized carbons (Fsp3) is 0.615. The van der Waals surface area contributed by atoms with Crippen molar-refractivity contribution >= 4 is 5.91 Å². The second-order valence-corrected chi connectivity index (χ2v) is 4.68. The minimum atomic E-state index is -0.000832. The van der Waals surface area contributed by atoms with Gasteiger partial charge in [-0.3, -0.25) is 4.79 Å². The Hall–Kier alpha value is -1.29. The van der Waals surface area contributed by atoms with E-state index in [9.17, 15) is 9.90 Å². The summed E-state index contributed by atoms with van der Waals surface area (Å²) >= 11 is 0. The van der Waals surface area contributed by atoms with Gasteiger partial charge >= 0.3 is 0 Å². The number of aryl methyl sites for hydroxylation is 1. The Morgan fingerprint density at radius 1 is 1.65 bits per heavy atom. The smallest absolute Gasteiger partial charge is 0.223 e. The number of carbonyl (C=O) groups excluding carboxylic acids is 1. The van der Waals surface area contributed by atoms with Crippen LogP contribution >= 0.6 is 0 Å². The van der Waals surface area contributed by atoms with Crippen LogP contribution in [0.4, 0.5) is 0 Å². The molecular formula is C13H19NO3. The normalized spacial score (nSPS) is 24.2. The van der Waals surface area contributed by atoms with E-state index in [1.54, 1.807) is 6.26 Å². The van der Waals surface area contributed by atoms with E-state index in [1.807, 2.05) is 17.0 Å². The lowest BCUT2D eigenvalue weighted by Crippen LogP contribution is -2.39. The van der Waals surface area contributed by atoms with Crippen molar-refractivity contribution in [1.29, 1.82) is 0 Å². The lowest BCUT2D eigenvalue weighted by atomic mass is 10.0. The molecule has 0 aliphatic carbocycles. The highest BCUT2D eigenvalue weighted by Crippen LogP contribution is 2.24. The summed E-state index contributed by atoms with van der Waals surface area (Å²) in [5, 5.41) is 9.30. The molecule has 4 nitrogen and oxygen atoms in total. The van der Waals surface area contributed by atoms with Crippen LogP contribution in [0.5, 0.6) is 0 Å². The molecule has 1 aliphatic rings. The van der Waals surface area contributed by atoms with Crippen LogP contribution < -0.4 is 0 Å². The third-order valence-electron chi connectivity index (χ3n) is 3.56. The quantitative estimate of drug-likeness (QED) is 0.862. The number of carbonyl (C=O) groups is 1. The van der Waals surface area contributed by atoms with E-state index in [1.165, 1.54) is 0 Å². The Bertz CT molecular complexity index is 361.